The lowest BCUT2D eigenvalue weighted by molar-refractivity contribution is -0.109. The summed E-state index contributed by atoms with van der Waals surface area (Å²) in [5, 5.41) is 4.96. The predicted octanol–water partition coefficient (Wildman–Crippen LogP) is 2.40. The summed E-state index contributed by atoms with van der Waals surface area (Å²) in [6, 6.07) is 8.46. The highest BCUT2D eigenvalue weighted by Gasteiger charge is 2.17. The van der Waals surface area contributed by atoms with E-state index in [-0.39, 0.29) is 19.6 Å². The molecule has 0 aromatic heterocycles. The molecule has 0 radical (unpaired) electrons. The van der Waals surface area contributed by atoms with Gasteiger partial charge in [0, 0.05) is 6.54 Å². The summed E-state index contributed by atoms with van der Waals surface area (Å²) in [4.78, 5) is 34.1. The number of ether oxygens (including phenoxy) is 2. The van der Waals surface area contributed by atoms with Crippen molar-refractivity contribution < 1.29 is 23.9 Å². The molecule has 0 heterocycles. The molecule has 1 aromatic rings. The predicted molar refractivity (Wildman–Crippen MR) is 88.5 cm³/mol. The summed E-state index contributed by atoms with van der Waals surface area (Å²) in [6.07, 6.45) is -0.420. The van der Waals surface area contributed by atoms with Gasteiger partial charge in [-0.15, -0.1) is 0 Å². The van der Waals surface area contributed by atoms with Crippen molar-refractivity contribution in [2.75, 3.05) is 6.54 Å². The van der Waals surface area contributed by atoms with E-state index < -0.39 is 23.8 Å². The fourth-order valence-electron chi connectivity index (χ4n) is 1.73. The van der Waals surface area contributed by atoms with Crippen LogP contribution in [0.5, 0.6) is 0 Å². The number of hydrogen-bond acceptors (Lipinski definition) is 5. The second-order valence-electron chi connectivity index (χ2n) is 6.17. The minimum absolute atomic E-state index is 0.119. The molecule has 2 amide bonds. The van der Waals surface area contributed by atoms with E-state index in [1.165, 1.54) is 0 Å². The molecular weight excluding hydrogens is 312 g/mol. The number of carbonyl (C=O) groups is 3. The maximum Gasteiger partial charge on any atom is 0.408 e. The molecule has 7 heteroatoms. The fourth-order valence-corrected chi connectivity index (χ4v) is 1.73. The largest absolute Gasteiger partial charge is 0.445 e. The molecule has 1 aromatic carbocycles. The zero-order valence-corrected chi connectivity index (χ0v) is 14.2. The van der Waals surface area contributed by atoms with E-state index in [0.29, 0.717) is 6.29 Å². The SMILES string of the molecule is CC(C)(C)OC(=O)NCC[C@H](C=O)NC(=O)OCc1ccccc1. The first-order chi connectivity index (χ1) is 11.3. The summed E-state index contributed by atoms with van der Waals surface area (Å²) in [6.45, 7) is 5.58. The molecule has 1 rings (SSSR count). The third-order valence-corrected chi connectivity index (χ3v) is 2.80. The van der Waals surface area contributed by atoms with Crippen LogP contribution in [-0.4, -0.2) is 36.7 Å². The number of nitrogens with one attached hydrogen (secondary N) is 2. The molecular formula is C17H24N2O5. The Kier molecular flexibility index (Phi) is 7.74. The minimum atomic E-state index is -0.747. The Balaban J connectivity index is 2.27. The van der Waals surface area contributed by atoms with Crippen LogP contribution in [0, 0.1) is 0 Å². The monoisotopic (exact) mass is 336 g/mol. The van der Waals surface area contributed by atoms with E-state index in [1.807, 2.05) is 30.3 Å². The molecule has 0 spiro atoms. The van der Waals surface area contributed by atoms with Crippen molar-refractivity contribution in [3.05, 3.63) is 35.9 Å². The van der Waals surface area contributed by atoms with Crippen LogP contribution in [0.4, 0.5) is 9.59 Å². The van der Waals surface area contributed by atoms with Crippen LogP contribution in [0.25, 0.3) is 0 Å². The molecule has 0 aliphatic carbocycles. The first-order valence-corrected chi connectivity index (χ1v) is 7.69. The quantitative estimate of drug-likeness (QED) is 0.746. The molecule has 7 nitrogen and oxygen atoms in total. The highest BCUT2D eigenvalue weighted by molar-refractivity contribution is 5.73. The molecule has 2 N–H and O–H groups in total. The van der Waals surface area contributed by atoms with Gasteiger partial charge in [0.15, 0.2) is 0 Å². The van der Waals surface area contributed by atoms with Gasteiger partial charge in [0.1, 0.15) is 18.5 Å². The van der Waals surface area contributed by atoms with Gasteiger partial charge < -0.3 is 24.9 Å². The number of carbonyl (C=O) groups excluding carboxylic acids is 3. The molecule has 0 aliphatic rings. The van der Waals surface area contributed by atoms with Crippen LogP contribution >= 0.6 is 0 Å². The van der Waals surface area contributed by atoms with Crippen LogP contribution in [0.1, 0.15) is 32.8 Å². The molecule has 0 saturated heterocycles. The Morgan fingerprint density at radius 2 is 1.83 bits per heavy atom. The van der Waals surface area contributed by atoms with Gasteiger partial charge in [-0.2, -0.15) is 0 Å². The maximum absolute atomic E-state index is 11.7. The fraction of sp³-hybridized carbons (Fsp3) is 0.471. The molecule has 0 saturated carbocycles. The number of amides is 2. The molecule has 0 aliphatic heterocycles. The van der Waals surface area contributed by atoms with Crippen LogP contribution < -0.4 is 10.6 Å². The van der Waals surface area contributed by atoms with E-state index in [0.717, 1.165) is 5.56 Å². The topological polar surface area (TPSA) is 93.7 Å². The second kappa shape index (κ2) is 9.54. The third kappa shape index (κ3) is 8.77. The van der Waals surface area contributed by atoms with Crippen LogP contribution in [0.3, 0.4) is 0 Å². The number of hydrogen-bond donors (Lipinski definition) is 2. The van der Waals surface area contributed by atoms with Crippen LogP contribution in [-0.2, 0) is 20.9 Å². The van der Waals surface area contributed by atoms with Crippen molar-refractivity contribution >= 4 is 18.5 Å². The van der Waals surface area contributed by atoms with E-state index in [2.05, 4.69) is 10.6 Å². The third-order valence-electron chi connectivity index (χ3n) is 2.80. The van der Waals surface area contributed by atoms with Crippen molar-refractivity contribution in [1.29, 1.82) is 0 Å². The van der Waals surface area contributed by atoms with Gasteiger partial charge in [-0.1, -0.05) is 30.3 Å². The number of rotatable bonds is 7. The molecule has 132 valence electrons. The second-order valence-corrected chi connectivity index (χ2v) is 6.17. The summed E-state index contributed by atoms with van der Waals surface area (Å²) in [5.41, 5.74) is 0.259. The lowest BCUT2D eigenvalue weighted by Gasteiger charge is -2.20. The number of benzene rings is 1. The molecule has 24 heavy (non-hydrogen) atoms. The Hall–Kier alpha value is -2.57. The Bertz CT molecular complexity index is 540. The van der Waals surface area contributed by atoms with Crippen molar-refractivity contribution in [2.45, 2.75) is 45.4 Å². The van der Waals surface area contributed by atoms with Crippen molar-refractivity contribution in [1.82, 2.24) is 10.6 Å². The first kappa shape index (κ1) is 19.5. The van der Waals surface area contributed by atoms with E-state index in [9.17, 15) is 14.4 Å². The van der Waals surface area contributed by atoms with Gasteiger partial charge in [-0.05, 0) is 32.8 Å². The Labute approximate surface area is 141 Å². The zero-order valence-electron chi connectivity index (χ0n) is 14.2. The van der Waals surface area contributed by atoms with Gasteiger partial charge in [-0.25, -0.2) is 9.59 Å². The summed E-state index contributed by atoms with van der Waals surface area (Å²) < 4.78 is 10.1. The lowest BCUT2D eigenvalue weighted by Crippen LogP contribution is -2.40. The molecule has 0 bridgehead atoms. The first-order valence-electron chi connectivity index (χ1n) is 7.69. The Morgan fingerprint density at radius 3 is 2.42 bits per heavy atom. The highest BCUT2D eigenvalue weighted by Crippen LogP contribution is 2.06. The number of aldehydes is 1. The summed E-state index contributed by atoms with van der Waals surface area (Å²) >= 11 is 0. The molecule has 1 atom stereocenters. The minimum Gasteiger partial charge on any atom is -0.445 e. The molecule has 0 fully saturated rings. The normalized spacial score (nSPS) is 12.0. The van der Waals surface area contributed by atoms with Gasteiger partial charge in [0.2, 0.25) is 0 Å². The van der Waals surface area contributed by atoms with Gasteiger partial charge in [0.25, 0.3) is 0 Å². The van der Waals surface area contributed by atoms with Crippen molar-refractivity contribution in [2.24, 2.45) is 0 Å². The highest BCUT2D eigenvalue weighted by atomic mass is 16.6. The van der Waals surface area contributed by atoms with E-state index in [1.54, 1.807) is 20.8 Å². The smallest absolute Gasteiger partial charge is 0.408 e. The average molecular weight is 336 g/mol. The van der Waals surface area contributed by atoms with Crippen LogP contribution in [0.2, 0.25) is 0 Å². The maximum atomic E-state index is 11.7. The van der Waals surface area contributed by atoms with Crippen LogP contribution in [0.15, 0.2) is 30.3 Å². The Morgan fingerprint density at radius 1 is 1.17 bits per heavy atom. The lowest BCUT2D eigenvalue weighted by atomic mass is 10.2. The standard InChI is InChI=1S/C17H24N2O5/c1-17(2,3)24-15(21)18-10-9-14(11-20)19-16(22)23-12-13-7-5-4-6-8-13/h4-8,11,14H,9-10,12H2,1-3H3,(H,18,21)(H,19,22)/t14-/m1/s1. The van der Waals surface area contributed by atoms with Crippen molar-refractivity contribution in [3.63, 3.8) is 0 Å². The molecule has 0 unspecified atom stereocenters. The van der Waals surface area contributed by atoms with Gasteiger partial charge in [-0.3, -0.25) is 0 Å². The van der Waals surface area contributed by atoms with Crippen molar-refractivity contribution in [3.8, 4) is 0 Å². The summed E-state index contributed by atoms with van der Waals surface area (Å²) in [7, 11) is 0. The van der Waals surface area contributed by atoms with E-state index >= 15 is 0 Å². The summed E-state index contributed by atoms with van der Waals surface area (Å²) in [5.74, 6) is 0. The van der Waals surface area contributed by atoms with Gasteiger partial charge in [0.05, 0.1) is 6.04 Å². The average Bonchev–Trinajstić information content (AvgIpc) is 2.51. The zero-order chi connectivity index (χ0) is 18.0. The number of alkyl carbamates (subject to hydrolysis) is 2. The van der Waals surface area contributed by atoms with E-state index in [4.69, 9.17) is 9.47 Å². The van der Waals surface area contributed by atoms with Gasteiger partial charge >= 0.3 is 12.2 Å².